The highest BCUT2D eigenvalue weighted by Gasteiger charge is 2.33. The van der Waals surface area contributed by atoms with Crippen LogP contribution >= 0.6 is 0 Å². The summed E-state index contributed by atoms with van der Waals surface area (Å²) in [6.45, 7) is 10.3. The standard InChI is InChI=1S/C25H39N7O2/c1-19-16-31(24(34)25(2,3)27)14-15-32(19)23(8-11-28-18-33)29-22-6-4-20(5-7-22)17-30-12-9-21(26)10-13-30/h4-8,11,18-19,21H,9-10,12-17,26-27H2,1-3H3,(H,28,33)/b11-8-,29-23?. The van der Waals surface area contributed by atoms with Gasteiger partial charge in [-0.15, -0.1) is 0 Å². The van der Waals surface area contributed by atoms with E-state index in [1.807, 2.05) is 17.0 Å². The van der Waals surface area contributed by atoms with E-state index in [2.05, 4.69) is 34.2 Å². The number of hydrogen-bond acceptors (Lipinski definition) is 6. The predicted octanol–water partition coefficient (Wildman–Crippen LogP) is 1.17. The van der Waals surface area contributed by atoms with Crippen molar-refractivity contribution in [2.45, 2.75) is 57.8 Å². The topological polar surface area (TPSA) is 120 Å². The summed E-state index contributed by atoms with van der Waals surface area (Å²) in [6.07, 6.45) is 6.09. The summed E-state index contributed by atoms with van der Waals surface area (Å²) in [7, 11) is 0. The number of amidine groups is 1. The van der Waals surface area contributed by atoms with Gasteiger partial charge in [-0.3, -0.25) is 14.5 Å². The van der Waals surface area contributed by atoms with Crippen LogP contribution in [0.25, 0.3) is 0 Å². The molecular weight excluding hydrogens is 430 g/mol. The number of nitrogens with zero attached hydrogens (tertiary/aromatic N) is 4. The molecule has 2 aliphatic heterocycles. The van der Waals surface area contributed by atoms with Crippen LogP contribution in [0.5, 0.6) is 0 Å². The number of hydrogen-bond donors (Lipinski definition) is 3. The zero-order valence-corrected chi connectivity index (χ0v) is 20.6. The van der Waals surface area contributed by atoms with E-state index in [-0.39, 0.29) is 11.9 Å². The molecule has 0 saturated carbocycles. The smallest absolute Gasteiger partial charge is 0.242 e. The molecule has 9 nitrogen and oxygen atoms in total. The number of aliphatic imine (C=N–C) groups is 1. The van der Waals surface area contributed by atoms with E-state index < -0.39 is 5.54 Å². The summed E-state index contributed by atoms with van der Waals surface area (Å²) in [5.41, 5.74) is 13.2. The van der Waals surface area contributed by atoms with Crippen LogP contribution < -0.4 is 16.8 Å². The lowest BCUT2D eigenvalue weighted by atomic mass is 10.0. The Morgan fingerprint density at radius 1 is 1.18 bits per heavy atom. The highest BCUT2D eigenvalue weighted by molar-refractivity contribution is 5.95. The molecule has 9 heteroatoms. The average Bonchev–Trinajstić information content (AvgIpc) is 2.80. The van der Waals surface area contributed by atoms with E-state index in [4.69, 9.17) is 16.5 Å². The molecular formula is C25H39N7O2. The first-order chi connectivity index (χ1) is 16.2. The lowest BCUT2D eigenvalue weighted by molar-refractivity contribution is -0.138. The van der Waals surface area contributed by atoms with Gasteiger partial charge in [-0.05, 0) is 70.5 Å². The van der Waals surface area contributed by atoms with Crippen LogP contribution in [0.4, 0.5) is 5.69 Å². The number of piperazine rings is 1. The molecule has 1 aromatic rings. The van der Waals surface area contributed by atoms with Crippen LogP contribution in [-0.2, 0) is 16.1 Å². The summed E-state index contributed by atoms with van der Waals surface area (Å²) in [4.78, 5) is 34.6. The Kier molecular flexibility index (Phi) is 8.82. The monoisotopic (exact) mass is 469 g/mol. The number of carbonyl (C=O) groups excluding carboxylic acids is 2. The maximum Gasteiger partial charge on any atom is 0.242 e. The van der Waals surface area contributed by atoms with Crippen molar-refractivity contribution in [3.8, 4) is 0 Å². The Bertz CT molecular complexity index is 884. The van der Waals surface area contributed by atoms with Crippen molar-refractivity contribution in [2.75, 3.05) is 32.7 Å². The number of nitrogens with one attached hydrogen (secondary N) is 1. The molecule has 2 fully saturated rings. The molecule has 2 saturated heterocycles. The van der Waals surface area contributed by atoms with Crippen LogP contribution in [0.3, 0.4) is 0 Å². The molecule has 1 atom stereocenters. The predicted molar refractivity (Wildman–Crippen MR) is 135 cm³/mol. The third-order valence-electron chi connectivity index (χ3n) is 6.38. The fourth-order valence-electron chi connectivity index (χ4n) is 4.43. The Morgan fingerprint density at radius 3 is 2.44 bits per heavy atom. The number of rotatable bonds is 7. The number of nitrogens with two attached hydrogens (primary N) is 2. The second-order valence-corrected chi connectivity index (χ2v) is 9.88. The average molecular weight is 470 g/mol. The molecule has 0 aromatic heterocycles. The van der Waals surface area contributed by atoms with Gasteiger partial charge in [0, 0.05) is 44.5 Å². The van der Waals surface area contributed by atoms with Gasteiger partial charge >= 0.3 is 0 Å². The fourth-order valence-corrected chi connectivity index (χ4v) is 4.43. The van der Waals surface area contributed by atoms with Crippen molar-refractivity contribution in [2.24, 2.45) is 16.5 Å². The third-order valence-corrected chi connectivity index (χ3v) is 6.38. The second-order valence-electron chi connectivity index (χ2n) is 9.88. The van der Waals surface area contributed by atoms with E-state index >= 15 is 0 Å². The van der Waals surface area contributed by atoms with E-state index in [1.165, 1.54) is 5.56 Å². The molecule has 0 radical (unpaired) electrons. The first-order valence-electron chi connectivity index (χ1n) is 12.0. The largest absolute Gasteiger partial charge is 0.350 e. The number of piperidine rings is 1. The second kappa shape index (κ2) is 11.6. The quantitative estimate of drug-likeness (QED) is 0.313. The number of amides is 2. The molecule has 2 aliphatic rings. The minimum Gasteiger partial charge on any atom is -0.350 e. The zero-order chi connectivity index (χ0) is 24.7. The van der Waals surface area contributed by atoms with Gasteiger partial charge < -0.3 is 26.6 Å². The summed E-state index contributed by atoms with van der Waals surface area (Å²) >= 11 is 0. The number of likely N-dealkylation sites (tertiary alicyclic amines) is 1. The van der Waals surface area contributed by atoms with Crippen LogP contribution in [0.15, 0.2) is 41.5 Å². The summed E-state index contributed by atoms with van der Waals surface area (Å²) in [5, 5.41) is 2.56. The lowest BCUT2D eigenvalue weighted by Gasteiger charge is -2.42. The van der Waals surface area contributed by atoms with E-state index in [0.29, 0.717) is 32.1 Å². The molecule has 186 valence electrons. The SMILES string of the molecule is CC1CN(C(=O)C(C)(C)N)CCN1C(/C=C\NC=O)=Nc1ccc(CN2CCC(N)CC2)cc1. The minimum absolute atomic E-state index is 0.0458. The van der Waals surface area contributed by atoms with Gasteiger partial charge in [-0.2, -0.15) is 0 Å². The molecule has 34 heavy (non-hydrogen) atoms. The molecule has 0 bridgehead atoms. The third kappa shape index (κ3) is 7.12. The molecule has 2 amide bonds. The minimum atomic E-state index is -0.894. The van der Waals surface area contributed by atoms with E-state index in [1.54, 1.807) is 26.1 Å². The molecule has 0 spiro atoms. The first-order valence-corrected chi connectivity index (χ1v) is 12.0. The molecule has 0 aliphatic carbocycles. The number of benzene rings is 1. The zero-order valence-electron chi connectivity index (χ0n) is 20.6. The normalized spacial score (nSPS) is 21.2. The Morgan fingerprint density at radius 2 is 1.85 bits per heavy atom. The van der Waals surface area contributed by atoms with Crippen molar-refractivity contribution in [3.63, 3.8) is 0 Å². The van der Waals surface area contributed by atoms with Crippen molar-refractivity contribution in [3.05, 3.63) is 42.1 Å². The van der Waals surface area contributed by atoms with Crippen molar-refractivity contribution in [1.29, 1.82) is 0 Å². The molecule has 1 unspecified atom stereocenters. The van der Waals surface area contributed by atoms with E-state index in [0.717, 1.165) is 44.0 Å². The van der Waals surface area contributed by atoms with Gasteiger partial charge in [-0.25, -0.2) is 4.99 Å². The Labute approximate surface area is 202 Å². The van der Waals surface area contributed by atoms with Crippen LogP contribution in [-0.4, -0.2) is 83.2 Å². The van der Waals surface area contributed by atoms with Crippen LogP contribution in [0.2, 0.25) is 0 Å². The van der Waals surface area contributed by atoms with Gasteiger partial charge in [0.1, 0.15) is 5.84 Å². The van der Waals surface area contributed by atoms with Gasteiger partial charge in [0.05, 0.1) is 11.2 Å². The fraction of sp³-hybridized carbons (Fsp3) is 0.560. The summed E-state index contributed by atoms with van der Waals surface area (Å²) < 4.78 is 0. The molecule has 5 N–H and O–H groups in total. The van der Waals surface area contributed by atoms with E-state index in [9.17, 15) is 9.59 Å². The molecule has 1 aromatic carbocycles. The van der Waals surface area contributed by atoms with Gasteiger partial charge in [0.25, 0.3) is 0 Å². The maximum absolute atomic E-state index is 12.6. The molecule has 2 heterocycles. The summed E-state index contributed by atoms with van der Waals surface area (Å²) in [6, 6.07) is 8.64. The maximum atomic E-state index is 12.6. The summed E-state index contributed by atoms with van der Waals surface area (Å²) in [5.74, 6) is 0.681. The van der Waals surface area contributed by atoms with Crippen molar-refractivity contribution in [1.82, 2.24) is 20.0 Å². The Hall–Kier alpha value is -2.75. The highest BCUT2D eigenvalue weighted by atomic mass is 16.2. The van der Waals surface area contributed by atoms with Crippen LogP contribution in [0, 0.1) is 0 Å². The van der Waals surface area contributed by atoms with Gasteiger partial charge in [-0.1, -0.05) is 12.1 Å². The lowest BCUT2D eigenvalue weighted by Crippen LogP contribution is -2.60. The first kappa shape index (κ1) is 25.9. The van der Waals surface area contributed by atoms with Crippen LogP contribution in [0.1, 0.15) is 39.2 Å². The van der Waals surface area contributed by atoms with Crippen molar-refractivity contribution < 1.29 is 9.59 Å². The highest BCUT2D eigenvalue weighted by Crippen LogP contribution is 2.20. The van der Waals surface area contributed by atoms with Gasteiger partial charge in [0.15, 0.2) is 0 Å². The Balaban J connectivity index is 1.71. The molecule has 3 rings (SSSR count). The van der Waals surface area contributed by atoms with Crippen molar-refractivity contribution >= 4 is 23.8 Å². The number of carbonyl (C=O) groups is 2. The van der Waals surface area contributed by atoms with Gasteiger partial charge in [0.2, 0.25) is 12.3 Å².